The van der Waals surface area contributed by atoms with Gasteiger partial charge in [0.1, 0.15) is 5.75 Å². The molecule has 1 atom stereocenters. The SMILES string of the molecule is CC(Cc1ccc(C(F)F)cc1O)C(=O)O. The summed E-state index contributed by atoms with van der Waals surface area (Å²) in [5, 5.41) is 18.1. The Balaban J connectivity index is 2.87. The van der Waals surface area contributed by atoms with Gasteiger partial charge >= 0.3 is 5.97 Å². The molecule has 2 N–H and O–H groups in total. The van der Waals surface area contributed by atoms with Gasteiger partial charge in [-0.25, -0.2) is 8.78 Å². The third kappa shape index (κ3) is 2.92. The molecular weight excluding hydrogens is 218 g/mol. The minimum absolute atomic E-state index is 0.116. The van der Waals surface area contributed by atoms with Crippen LogP contribution in [-0.2, 0) is 11.2 Å². The summed E-state index contributed by atoms with van der Waals surface area (Å²) in [6, 6.07) is 3.49. The molecule has 0 bridgehead atoms. The highest BCUT2D eigenvalue weighted by Gasteiger charge is 2.15. The lowest BCUT2D eigenvalue weighted by molar-refractivity contribution is -0.141. The molecule has 0 aliphatic heterocycles. The molecule has 16 heavy (non-hydrogen) atoms. The van der Waals surface area contributed by atoms with Gasteiger partial charge in [0.15, 0.2) is 0 Å². The van der Waals surface area contributed by atoms with E-state index in [1.54, 1.807) is 0 Å². The summed E-state index contributed by atoms with van der Waals surface area (Å²) in [7, 11) is 0. The molecule has 0 aliphatic carbocycles. The van der Waals surface area contributed by atoms with Gasteiger partial charge in [0.2, 0.25) is 0 Å². The van der Waals surface area contributed by atoms with Crippen molar-refractivity contribution in [2.24, 2.45) is 5.92 Å². The normalized spacial score (nSPS) is 12.8. The lowest BCUT2D eigenvalue weighted by Gasteiger charge is -2.09. The number of aliphatic carboxylic acids is 1. The van der Waals surface area contributed by atoms with Crippen molar-refractivity contribution < 1.29 is 23.8 Å². The average Bonchev–Trinajstić information content (AvgIpc) is 2.20. The van der Waals surface area contributed by atoms with E-state index in [2.05, 4.69) is 0 Å². The largest absolute Gasteiger partial charge is 0.508 e. The van der Waals surface area contributed by atoms with Crippen molar-refractivity contribution in [3.8, 4) is 5.75 Å². The van der Waals surface area contributed by atoms with Crippen molar-refractivity contribution in [3.05, 3.63) is 29.3 Å². The van der Waals surface area contributed by atoms with Gasteiger partial charge in [-0.15, -0.1) is 0 Å². The van der Waals surface area contributed by atoms with Crippen molar-refractivity contribution in [1.82, 2.24) is 0 Å². The van der Waals surface area contributed by atoms with E-state index in [-0.39, 0.29) is 17.7 Å². The van der Waals surface area contributed by atoms with Crippen LogP contribution in [0.1, 0.15) is 24.5 Å². The van der Waals surface area contributed by atoms with Crippen LogP contribution in [0.5, 0.6) is 5.75 Å². The molecule has 1 rings (SSSR count). The Kier molecular flexibility index (Phi) is 3.82. The molecule has 0 spiro atoms. The number of phenolic OH excluding ortho intramolecular Hbond substituents is 1. The van der Waals surface area contributed by atoms with E-state index in [0.717, 1.165) is 6.07 Å². The highest BCUT2D eigenvalue weighted by Crippen LogP contribution is 2.27. The van der Waals surface area contributed by atoms with Crippen LogP contribution in [0.15, 0.2) is 18.2 Å². The number of benzene rings is 1. The fraction of sp³-hybridized carbons (Fsp3) is 0.364. The Labute approximate surface area is 91.3 Å². The quantitative estimate of drug-likeness (QED) is 0.835. The molecule has 88 valence electrons. The molecular formula is C11H12F2O3. The van der Waals surface area contributed by atoms with Crippen LogP contribution in [0.25, 0.3) is 0 Å². The predicted octanol–water partition coefficient (Wildman–Crippen LogP) is 2.59. The number of hydrogen-bond donors (Lipinski definition) is 2. The van der Waals surface area contributed by atoms with Gasteiger partial charge in [0.05, 0.1) is 5.92 Å². The van der Waals surface area contributed by atoms with Crippen molar-refractivity contribution in [3.63, 3.8) is 0 Å². The minimum atomic E-state index is -2.64. The number of aromatic hydroxyl groups is 1. The molecule has 1 unspecified atom stereocenters. The summed E-state index contributed by atoms with van der Waals surface area (Å²) >= 11 is 0. The molecule has 0 heterocycles. The summed E-state index contributed by atoms with van der Waals surface area (Å²) in [6.07, 6.45) is -2.53. The first-order valence-corrected chi connectivity index (χ1v) is 4.74. The highest BCUT2D eigenvalue weighted by atomic mass is 19.3. The van der Waals surface area contributed by atoms with Crippen LogP contribution in [0.3, 0.4) is 0 Å². The zero-order valence-corrected chi connectivity index (χ0v) is 8.65. The molecule has 1 aromatic carbocycles. The van der Waals surface area contributed by atoms with Crippen LogP contribution in [0, 0.1) is 5.92 Å². The van der Waals surface area contributed by atoms with E-state index in [0.29, 0.717) is 5.56 Å². The van der Waals surface area contributed by atoms with Crippen molar-refractivity contribution in [2.45, 2.75) is 19.8 Å². The van der Waals surface area contributed by atoms with Gasteiger partial charge in [0, 0.05) is 5.56 Å². The molecule has 1 aromatic rings. The first kappa shape index (κ1) is 12.4. The molecule has 0 saturated heterocycles. The van der Waals surface area contributed by atoms with Gasteiger partial charge in [-0.05, 0) is 18.1 Å². The monoisotopic (exact) mass is 230 g/mol. The maximum Gasteiger partial charge on any atom is 0.306 e. The van der Waals surface area contributed by atoms with E-state index in [4.69, 9.17) is 5.11 Å². The molecule has 5 heteroatoms. The maximum absolute atomic E-state index is 12.3. The maximum atomic E-state index is 12.3. The van der Waals surface area contributed by atoms with Gasteiger partial charge < -0.3 is 10.2 Å². The molecule has 0 fully saturated rings. The van der Waals surface area contributed by atoms with Gasteiger partial charge in [0.25, 0.3) is 6.43 Å². The fourth-order valence-corrected chi connectivity index (χ4v) is 1.31. The molecule has 0 radical (unpaired) electrons. The Morgan fingerprint density at radius 3 is 2.50 bits per heavy atom. The lowest BCUT2D eigenvalue weighted by atomic mass is 9.99. The van der Waals surface area contributed by atoms with Crippen LogP contribution < -0.4 is 0 Å². The van der Waals surface area contributed by atoms with Crippen LogP contribution in [0.4, 0.5) is 8.78 Å². The third-order valence-electron chi connectivity index (χ3n) is 2.31. The Morgan fingerprint density at radius 1 is 1.44 bits per heavy atom. The number of phenols is 1. The van der Waals surface area contributed by atoms with Crippen molar-refractivity contribution in [1.29, 1.82) is 0 Å². The standard InChI is InChI=1S/C11H12F2O3/c1-6(11(15)16)4-7-2-3-8(10(12)13)5-9(7)14/h2-3,5-6,10,14H,4H2,1H3,(H,15,16). The van der Waals surface area contributed by atoms with E-state index >= 15 is 0 Å². The second kappa shape index (κ2) is 4.92. The average molecular weight is 230 g/mol. The fourth-order valence-electron chi connectivity index (χ4n) is 1.31. The number of rotatable bonds is 4. The topological polar surface area (TPSA) is 57.5 Å². The number of halogens is 2. The van der Waals surface area contributed by atoms with Crippen molar-refractivity contribution >= 4 is 5.97 Å². The third-order valence-corrected chi connectivity index (χ3v) is 2.31. The van der Waals surface area contributed by atoms with Crippen LogP contribution >= 0.6 is 0 Å². The van der Waals surface area contributed by atoms with Gasteiger partial charge in [-0.2, -0.15) is 0 Å². The smallest absolute Gasteiger partial charge is 0.306 e. The molecule has 3 nitrogen and oxygen atoms in total. The first-order valence-electron chi connectivity index (χ1n) is 4.74. The summed E-state index contributed by atoms with van der Waals surface area (Å²) in [4.78, 5) is 10.6. The first-order chi connectivity index (χ1) is 7.41. The number of alkyl halides is 2. The zero-order valence-electron chi connectivity index (χ0n) is 8.65. The van der Waals surface area contributed by atoms with E-state index in [9.17, 15) is 18.7 Å². The molecule has 0 saturated carbocycles. The molecule has 0 amide bonds. The zero-order chi connectivity index (χ0) is 12.3. The highest BCUT2D eigenvalue weighted by molar-refractivity contribution is 5.70. The second-order valence-corrected chi connectivity index (χ2v) is 3.63. The minimum Gasteiger partial charge on any atom is -0.508 e. The summed E-state index contributed by atoms with van der Waals surface area (Å²) in [5.41, 5.74) is 0.0866. The number of carboxylic acid groups (broad SMARTS) is 1. The number of carbonyl (C=O) groups is 1. The Morgan fingerprint density at radius 2 is 2.06 bits per heavy atom. The molecule has 0 aromatic heterocycles. The Hall–Kier alpha value is -1.65. The van der Waals surface area contributed by atoms with E-state index in [1.165, 1.54) is 19.1 Å². The number of carboxylic acids is 1. The predicted molar refractivity (Wildman–Crippen MR) is 53.6 cm³/mol. The van der Waals surface area contributed by atoms with Crippen LogP contribution in [0.2, 0.25) is 0 Å². The van der Waals surface area contributed by atoms with Gasteiger partial charge in [-0.3, -0.25) is 4.79 Å². The van der Waals surface area contributed by atoms with Crippen LogP contribution in [-0.4, -0.2) is 16.2 Å². The van der Waals surface area contributed by atoms with Gasteiger partial charge in [-0.1, -0.05) is 19.1 Å². The second-order valence-electron chi connectivity index (χ2n) is 3.63. The van der Waals surface area contributed by atoms with Crippen molar-refractivity contribution in [2.75, 3.05) is 0 Å². The summed E-state index contributed by atoms with van der Waals surface area (Å²) in [6.45, 7) is 1.49. The lowest BCUT2D eigenvalue weighted by Crippen LogP contribution is -2.12. The number of hydrogen-bond acceptors (Lipinski definition) is 2. The summed E-state index contributed by atoms with van der Waals surface area (Å²) in [5.74, 6) is -1.94. The molecule has 0 aliphatic rings. The van der Waals surface area contributed by atoms with E-state index in [1.807, 2.05) is 0 Å². The van der Waals surface area contributed by atoms with E-state index < -0.39 is 18.3 Å². The Bertz CT molecular complexity index is 391. The summed E-state index contributed by atoms with van der Waals surface area (Å²) < 4.78 is 24.5.